The molecular weight excluding hydrogens is 935 g/mol. The number of amides is 3. The maximum Gasteiger partial charge on any atom is 0.421 e. The van der Waals surface area contributed by atoms with Gasteiger partial charge in [-0.2, -0.15) is 0 Å². The summed E-state index contributed by atoms with van der Waals surface area (Å²) in [6, 6.07) is 34.1. The van der Waals surface area contributed by atoms with Gasteiger partial charge in [0.2, 0.25) is 17.8 Å². The number of piperazine rings is 1. The van der Waals surface area contributed by atoms with Crippen LogP contribution in [0.5, 0.6) is 5.75 Å². The van der Waals surface area contributed by atoms with Gasteiger partial charge in [-0.1, -0.05) is 84.6 Å². The Morgan fingerprint density at radius 1 is 0.795 bits per heavy atom. The van der Waals surface area contributed by atoms with Crippen LogP contribution >= 0.6 is 0 Å². The van der Waals surface area contributed by atoms with Gasteiger partial charge in [-0.25, -0.2) is 19.7 Å². The fourth-order valence-electron chi connectivity index (χ4n) is 10.8. The number of aromatic nitrogens is 2. The van der Waals surface area contributed by atoms with Crippen molar-refractivity contribution in [3.05, 3.63) is 189 Å². The number of anilines is 2. The summed E-state index contributed by atoms with van der Waals surface area (Å²) in [6.07, 6.45) is 1.35. The van der Waals surface area contributed by atoms with Gasteiger partial charge in [0.15, 0.2) is 0 Å². The van der Waals surface area contributed by atoms with Crippen molar-refractivity contribution in [1.82, 2.24) is 19.8 Å². The normalized spacial score (nSPS) is 22.2. The number of non-ortho nitro benzene ring substituents is 1. The number of benzene rings is 5. The first-order valence-corrected chi connectivity index (χ1v) is 23.8. The lowest BCUT2D eigenvalue weighted by Crippen LogP contribution is -2.59. The first-order chi connectivity index (χ1) is 35.6. The van der Waals surface area contributed by atoms with Crippen molar-refractivity contribution in [3.8, 4) is 17.6 Å². The van der Waals surface area contributed by atoms with Gasteiger partial charge in [-0.15, -0.1) is 0 Å². The topological polar surface area (TPSA) is 218 Å². The molecule has 0 aliphatic carbocycles. The second kappa shape index (κ2) is 20.7. The van der Waals surface area contributed by atoms with E-state index in [9.17, 15) is 25.1 Å². The van der Waals surface area contributed by atoms with Crippen LogP contribution in [0.2, 0.25) is 0 Å². The van der Waals surface area contributed by atoms with Crippen molar-refractivity contribution in [3.63, 3.8) is 0 Å². The number of nitro groups is 1. The molecule has 18 nitrogen and oxygen atoms in total. The van der Waals surface area contributed by atoms with Gasteiger partial charge in [0, 0.05) is 62.7 Å². The molecular formula is C55H49N7O11. The van der Waals surface area contributed by atoms with Gasteiger partial charge in [-0.3, -0.25) is 29.4 Å². The summed E-state index contributed by atoms with van der Waals surface area (Å²) in [5.41, 5.74) is 0.724. The van der Waals surface area contributed by atoms with E-state index in [1.54, 1.807) is 65.8 Å². The minimum absolute atomic E-state index is 0.00469. The molecule has 18 heteroatoms. The molecule has 5 heterocycles. The van der Waals surface area contributed by atoms with E-state index in [-0.39, 0.29) is 62.9 Å². The average molecular weight is 984 g/mol. The molecule has 73 heavy (non-hydrogen) atoms. The standard InChI is InChI=1S/C55H49N7O11/c63-31-8-7-10-36-17-24-44-43(34-36)55(52(67)60(44)54(68)72-35-37-15-20-41(21-16-37)62(69)70)45(50(65)58-27-29-59(30-28-58)53-56-25-9-26-57-53)47-51(66)73-48(39-13-5-2-6-14-39)46(38-11-3-1-4-12-38)61(47)49(55)40-18-22-42(23-19-40)71-33-32-64/h1-6,9,11-26,34,45-49,63-64H,8,27-33,35H2/t45-,46-,47-,48+,49+,55-/m0/s1. The van der Waals surface area contributed by atoms with Gasteiger partial charge < -0.3 is 34.2 Å². The molecule has 0 radical (unpaired) electrons. The number of carbonyl (C=O) groups is 4. The molecule has 1 spiro atoms. The Morgan fingerprint density at radius 2 is 1.48 bits per heavy atom. The number of esters is 1. The number of cyclic esters (lactones) is 1. The van der Waals surface area contributed by atoms with Crippen molar-refractivity contribution < 1.29 is 48.5 Å². The van der Waals surface area contributed by atoms with E-state index in [2.05, 4.69) is 21.8 Å². The van der Waals surface area contributed by atoms with Crippen LogP contribution in [0.15, 0.2) is 146 Å². The number of rotatable bonds is 12. The Bertz CT molecular complexity index is 3080. The van der Waals surface area contributed by atoms with Gasteiger partial charge in [0.1, 0.15) is 36.5 Å². The van der Waals surface area contributed by atoms with Gasteiger partial charge in [0.25, 0.3) is 5.69 Å². The summed E-state index contributed by atoms with van der Waals surface area (Å²) < 4.78 is 18.3. The molecule has 6 atom stereocenters. The molecule has 3 fully saturated rings. The van der Waals surface area contributed by atoms with E-state index in [0.29, 0.717) is 47.0 Å². The number of morpholine rings is 1. The number of hydrogen-bond donors (Lipinski definition) is 2. The molecule has 6 aromatic rings. The molecule has 2 N–H and O–H groups in total. The zero-order valence-corrected chi connectivity index (χ0v) is 39.3. The lowest BCUT2D eigenvalue weighted by Gasteiger charge is -2.46. The molecule has 4 aliphatic heterocycles. The van der Waals surface area contributed by atoms with E-state index in [4.69, 9.17) is 14.2 Å². The number of nitrogens with zero attached hydrogens (tertiary/aromatic N) is 7. The van der Waals surface area contributed by atoms with E-state index in [0.717, 1.165) is 10.5 Å². The molecule has 4 aliphatic rings. The number of carbonyl (C=O) groups excluding carboxylic acids is 4. The highest BCUT2D eigenvalue weighted by atomic mass is 16.6. The highest BCUT2D eigenvalue weighted by Gasteiger charge is 2.76. The quantitative estimate of drug-likeness (QED) is 0.0637. The summed E-state index contributed by atoms with van der Waals surface area (Å²) in [7, 11) is 0. The third kappa shape index (κ3) is 8.88. The molecule has 3 saturated heterocycles. The maximum atomic E-state index is 16.7. The van der Waals surface area contributed by atoms with Crippen LogP contribution < -0.4 is 14.5 Å². The average Bonchev–Trinajstić information content (AvgIpc) is 3.89. The van der Waals surface area contributed by atoms with Crippen LogP contribution in [0.1, 0.15) is 58.0 Å². The minimum Gasteiger partial charge on any atom is -0.491 e. The summed E-state index contributed by atoms with van der Waals surface area (Å²) in [5.74, 6) is 3.24. The van der Waals surface area contributed by atoms with Crippen LogP contribution in [0.3, 0.4) is 0 Å². The number of aliphatic hydroxyl groups excluding tert-OH is 2. The van der Waals surface area contributed by atoms with Gasteiger partial charge in [0.05, 0.1) is 41.8 Å². The zero-order valence-electron chi connectivity index (χ0n) is 39.3. The second-order valence-electron chi connectivity index (χ2n) is 17.9. The first kappa shape index (κ1) is 48.1. The SMILES string of the molecule is O=C1O[C@H](c2ccccc2)[C@H](c2ccccc2)N2[C@H]1[C@@H](C(=O)N1CCN(c3ncccn3)CC1)[C@]1(C(=O)N(C(=O)OCc3ccc([N+](=O)[O-])cc3)c3ccc(C#CCCO)cc31)[C@H]2c1ccc(OCCO)cc1. The van der Waals surface area contributed by atoms with Crippen LogP contribution in [0.4, 0.5) is 22.1 Å². The molecule has 370 valence electrons. The zero-order chi connectivity index (χ0) is 50.6. The molecule has 5 aromatic carbocycles. The van der Waals surface area contributed by atoms with Crippen LogP contribution in [0, 0.1) is 27.9 Å². The fourth-order valence-corrected chi connectivity index (χ4v) is 10.8. The summed E-state index contributed by atoms with van der Waals surface area (Å²) in [5, 5.41) is 30.8. The van der Waals surface area contributed by atoms with E-state index >= 15 is 14.4 Å². The third-order valence-corrected chi connectivity index (χ3v) is 13.9. The Labute approximate surface area is 419 Å². The summed E-state index contributed by atoms with van der Waals surface area (Å²) in [4.78, 5) is 89.6. The lowest BCUT2D eigenvalue weighted by molar-refractivity contribution is -0.384. The minimum atomic E-state index is -2.11. The predicted molar refractivity (Wildman–Crippen MR) is 264 cm³/mol. The monoisotopic (exact) mass is 983 g/mol. The Balaban J connectivity index is 1.20. The molecule has 1 aromatic heterocycles. The van der Waals surface area contributed by atoms with Crippen molar-refractivity contribution >= 4 is 41.2 Å². The van der Waals surface area contributed by atoms with Gasteiger partial charge >= 0.3 is 12.1 Å². The largest absolute Gasteiger partial charge is 0.491 e. The highest BCUT2D eigenvalue weighted by Crippen LogP contribution is 2.66. The smallest absolute Gasteiger partial charge is 0.421 e. The second-order valence-corrected chi connectivity index (χ2v) is 17.9. The van der Waals surface area contributed by atoms with Crippen molar-refractivity contribution in [2.24, 2.45) is 5.92 Å². The van der Waals surface area contributed by atoms with Crippen molar-refractivity contribution in [2.75, 3.05) is 55.8 Å². The molecule has 0 saturated carbocycles. The van der Waals surface area contributed by atoms with Crippen molar-refractivity contribution in [2.45, 2.75) is 42.7 Å². The van der Waals surface area contributed by atoms with Gasteiger partial charge in [-0.05, 0) is 76.3 Å². The van der Waals surface area contributed by atoms with Crippen LogP contribution in [-0.4, -0.2) is 111 Å². The number of aliphatic hydroxyl groups is 2. The predicted octanol–water partition coefficient (Wildman–Crippen LogP) is 5.84. The maximum absolute atomic E-state index is 16.7. The third-order valence-electron chi connectivity index (χ3n) is 13.9. The Hall–Kier alpha value is -8.50. The number of imide groups is 1. The summed E-state index contributed by atoms with van der Waals surface area (Å²) in [6.45, 7) is 0.152. The van der Waals surface area contributed by atoms with E-state index < -0.39 is 64.4 Å². The number of ether oxygens (including phenoxy) is 3. The van der Waals surface area contributed by atoms with E-state index in [1.807, 2.05) is 70.5 Å². The molecule has 3 amide bonds. The Kier molecular flexibility index (Phi) is 13.6. The molecule has 10 rings (SSSR count). The van der Waals surface area contributed by atoms with Crippen LogP contribution in [-0.2, 0) is 35.9 Å². The van der Waals surface area contributed by atoms with Crippen LogP contribution in [0.25, 0.3) is 0 Å². The van der Waals surface area contributed by atoms with Crippen molar-refractivity contribution in [1.29, 1.82) is 0 Å². The number of hydrogen-bond acceptors (Lipinski definition) is 15. The number of fused-ring (bicyclic) bond motifs is 3. The lowest BCUT2D eigenvalue weighted by atomic mass is 9.65. The fraction of sp³-hybridized carbons (Fsp3) is 0.273. The number of nitro benzene ring substituents is 1. The summed E-state index contributed by atoms with van der Waals surface area (Å²) >= 11 is 0. The molecule has 0 unspecified atom stereocenters. The Morgan fingerprint density at radius 3 is 2.14 bits per heavy atom. The highest BCUT2D eigenvalue weighted by molar-refractivity contribution is 6.23. The first-order valence-electron chi connectivity index (χ1n) is 23.8. The molecule has 0 bridgehead atoms. The van der Waals surface area contributed by atoms with E-state index in [1.165, 1.54) is 24.3 Å².